The highest BCUT2D eigenvalue weighted by Crippen LogP contribution is 2.24. The first-order valence-corrected chi connectivity index (χ1v) is 7.69. The van der Waals surface area contributed by atoms with E-state index >= 15 is 0 Å². The number of ether oxygens (including phenoxy) is 1. The maximum Gasteiger partial charge on any atom is 0.0795 e. The first-order chi connectivity index (χ1) is 8.81. The van der Waals surface area contributed by atoms with Crippen molar-refractivity contribution in [3.8, 4) is 0 Å². The summed E-state index contributed by atoms with van der Waals surface area (Å²) in [6.45, 7) is 5.98. The molecule has 2 N–H and O–H groups in total. The number of likely N-dealkylation sites (tertiary alicyclic amines) is 1. The maximum absolute atomic E-state index is 5.82. The molecule has 2 rings (SSSR count). The number of aromatic nitrogens is 1. The molecular weight excluding hydrogens is 246 g/mol. The van der Waals surface area contributed by atoms with Crippen LogP contribution in [0.5, 0.6) is 0 Å². The predicted octanol–water partition coefficient (Wildman–Crippen LogP) is 2.03. The SMILES string of the molecule is CC(c1cscn1)N1CCC(OCCCN)CC1. The van der Waals surface area contributed by atoms with Gasteiger partial charge in [0.15, 0.2) is 0 Å². The highest BCUT2D eigenvalue weighted by atomic mass is 32.1. The van der Waals surface area contributed by atoms with E-state index in [1.165, 1.54) is 5.69 Å². The molecule has 0 aromatic carbocycles. The van der Waals surface area contributed by atoms with Gasteiger partial charge in [-0.3, -0.25) is 4.90 Å². The molecule has 1 aromatic rings. The van der Waals surface area contributed by atoms with Gasteiger partial charge in [-0.25, -0.2) is 4.98 Å². The quantitative estimate of drug-likeness (QED) is 0.803. The van der Waals surface area contributed by atoms with Gasteiger partial charge in [0.05, 0.1) is 23.4 Å². The van der Waals surface area contributed by atoms with Crippen LogP contribution in [0.4, 0.5) is 0 Å². The lowest BCUT2D eigenvalue weighted by atomic mass is 10.0. The number of nitrogens with two attached hydrogens (primary N) is 1. The van der Waals surface area contributed by atoms with Crippen molar-refractivity contribution in [2.24, 2.45) is 5.73 Å². The van der Waals surface area contributed by atoms with Gasteiger partial charge in [-0.05, 0) is 32.7 Å². The van der Waals surface area contributed by atoms with Crippen molar-refractivity contribution in [2.45, 2.75) is 38.3 Å². The average molecular weight is 269 g/mol. The molecule has 1 fully saturated rings. The fraction of sp³-hybridized carbons (Fsp3) is 0.769. The smallest absolute Gasteiger partial charge is 0.0795 e. The second-order valence-electron chi connectivity index (χ2n) is 4.84. The summed E-state index contributed by atoms with van der Waals surface area (Å²) >= 11 is 1.67. The Hall–Kier alpha value is -0.490. The zero-order valence-corrected chi connectivity index (χ0v) is 11.9. The number of thiazole rings is 1. The second kappa shape index (κ2) is 7.19. The number of hydrogen-bond acceptors (Lipinski definition) is 5. The Bertz CT molecular complexity index is 323. The van der Waals surface area contributed by atoms with Crippen LogP contribution in [-0.2, 0) is 4.74 Å². The van der Waals surface area contributed by atoms with Crippen LogP contribution in [0.2, 0.25) is 0 Å². The molecule has 0 bridgehead atoms. The topological polar surface area (TPSA) is 51.4 Å². The van der Waals surface area contributed by atoms with Gasteiger partial charge in [-0.15, -0.1) is 11.3 Å². The van der Waals surface area contributed by atoms with Crippen molar-refractivity contribution in [1.82, 2.24) is 9.88 Å². The summed E-state index contributed by atoms with van der Waals surface area (Å²) in [6.07, 6.45) is 3.64. The lowest BCUT2D eigenvalue weighted by Gasteiger charge is -2.35. The Morgan fingerprint density at radius 3 is 2.94 bits per heavy atom. The lowest BCUT2D eigenvalue weighted by Crippen LogP contribution is -2.38. The summed E-state index contributed by atoms with van der Waals surface area (Å²) in [5.74, 6) is 0. The first-order valence-electron chi connectivity index (χ1n) is 6.75. The van der Waals surface area contributed by atoms with E-state index in [4.69, 9.17) is 10.5 Å². The van der Waals surface area contributed by atoms with Crippen molar-refractivity contribution in [3.63, 3.8) is 0 Å². The minimum Gasteiger partial charge on any atom is -0.378 e. The molecule has 4 nitrogen and oxygen atoms in total. The summed E-state index contributed by atoms with van der Waals surface area (Å²) < 4.78 is 5.82. The third-order valence-corrected chi connectivity index (χ3v) is 4.21. The molecular formula is C13H23N3OS. The fourth-order valence-corrected chi connectivity index (χ4v) is 3.02. The van der Waals surface area contributed by atoms with E-state index in [-0.39, 0.29) is 0 Å². The highest BCUT2D eigenvalue weighted by molar-refractivity contribution is 7.07. The molecule has 1 unspecified atom stereocenters. The van der Waals surface area contributed by atoms with Crippen LogP contribution in [0.3, 0.4) is 0 Å². The normalized spacial score (nSPS) is 20.1. The van der Waals surface area contributed by atoms with E-state index in [1.807, 2.05) is 5.51 Å². The Morgan fingerprint density at radius 2 is 2.33 bits per heavy atom. The molecule has 0 aliphatic carbocycles. The molecule has 2 heterocycles. The van der Waals surface area contributed by atoms with Crippen LogP contribution in [0.1, 0.15) is 37.9 Å². The van der Waals surface area contributed by atoms with Gasteiger partial charge >= 0.3 is 0 Å². The van der Waals surface area contributed by atoms with Crippen molar-refractivity contribution >= 4 is 11.3 Å². The van der Waals surface area contributed by atoms with Crippen LogP contribution < -0.4 is 5.73 Å². The molecule has 0 spiro atoms. The van der Waals surface area contributed by atoms with Gasteiger partial charge in [-0.2, -0.15) is 0 Å². The molecule has 1 atom stereocenters. The maximum atomic E-state index is 5.82. The summed E-state index contributed by atoms with van der Waals surface area (Å²) in [6, 6.07) is 0.432. The number of nitrogens with zero attached hydrogens (tertiary/aromatic N) is 2. The van der Waals surface area contributed by atoms with E-state index < -0.39 is 0 Å². The van der Waals surface area contributed by atoms with Gasteiger partial charge in [0.1, 0.15) is 0 Å². The minimum atomic E-state index is 0.426. The van der Waals surface area contributed by atoms with Crippen LogP contribution in [0.15, 0.2) is 10.9 Å². The van der Waals surface area contributed by atoms with Crippen molar-refractivity contribution < 1.29 is 4.74 Å². The number of rotatable bonds is 6. The number of piperidine rings is 1. The van der Waals surface area contributed by atoms with Gasteiger partial charge in [0, 0.05) is 25.1 Å². The van der Waals surface area contributed by atoms with Crippen molar-refractivity contribution in [3.05, 3.63) is 16.6 Å². The standard InChI is InChI=1S/C13H23N3OS/c1-11(13-9-18-10-15-13)16-6-3-12(4-7-16)17-8-2-5-14/h9-12H,2-8,14H2,1H3. The van der Waals surface area contributed by atoms with Crippen LogP contribution in [0, 0.1) is 0 Å². The zero-order valence-electron chi connectivity index (χ0n) is 11.0. The molecule has 1 aliphatic rings. The van der Waals surface area contributed by atoms with E-state index in [0.29, 0.717) is 12.1 Å². The van der Waals surface area contributed by atoms with Gasteiger partial charge in [0.2, 0.25) is 0 Å². The van der Waals surface area contributed by atoms with E-state index in [2.05, 4.69) is 22.2 Å². The highest BCUT2D eigenvalue weighted by Gasteiger charge is 2.24. The Kier molecular flexibility index (Phi) is 5.56. The molecule has 0 radical (unpaired) electrons. The largest absolute Gasteiger partial charge is 0.378 e. The van der Waals surface area contributed by atoms with Crippen molar-refractivity contribution in [2.75, 3.05) is 26.2 Å². The monoisotopic (exact) mass is 269 g/mol. The molecule has 1 saturated heterocycles. The Labute approximate surface area is 113 Å². The molecule has 0 amide bonds. The predicted molar refractivity (Wildman–Crippen MR) is 74.7 cm³/mol. The van der Waals surface area contributed by atoms with E-state index in [0.717, 1.165) is 45.5 Å². The van der Waals surface area contributed by atoms with Crippen molar-refractivity contribution in [1.29, 1.82) is 0 Å². The molecule has 1 aromatic heterocycles. The summed E-state index contributed by atoms with van der Waals surface area (Å²) in [5.41, 5.74) is 8.57. The number of hydrogen-bond donors (Lipinski definition) is 1. The summed E-state index contributed by atoms with van der Waals surface area (Å²) in [7, 11) is 0. The van der Waals surface area contributed by atoms with E-state index in [9.17, 15) is 0 Å². The van der Waals surface area contributed by atoms with Crippen LogP contribution in [-0.4, -0.2) is 42.2 Å². The molecule has 0 saturated carbocycles. The van der Waals surface area contributed by atoms with Crippen LogP contribution >= 0.6 is 11.3 Å². The van der Waals surface area contributed by atoms with Gasteiger partial charge in [-0.1, -0.05) is 0 Å². The molecule has 5 heteroatoms. The molecule has 18 heavy (non-hydrogen) atoms. The molecule has 102 valence electrons. The first kappa shape index (κ1) is 13.9. The third-order valence-electron chi connectivity index (χ3n) is 3.61. The summed E-state index contributed by atoms with van der Waals surface area (Å²) in [4.78, 5) is 6.90. The third kappa shape index (κ3) is 3.75. The van der Waals surface area contributed by atoms with Gasteiger partial charge < -0.3 is 10.5 Å². The lowest BCUT2D eigenvalue weighted by molar-refractivity contribution is -0.00107. The minimum absolute atomic E-state index is 0.426. The average Bonchev–Trinajstić information content (AvgIpc) is 2.93. The fourth-order valence-electron chi connectivity index (χ4n) is 2.38. The summed E-state index contributed by atoms with van der Waals surface area (Å²) in [5, 5.41) is 2.15. The zero-order chi connectivity index (χ0) is 12.8. The van der Waals surface area contributed by atoms with E-state index in [1.54, 1.807) is 11.3 Å². The Balaban J connectivity index is 1.73. The Morgan fingerprint density at radius 1 is 1.56 bits per heavy atom. The molecule has 1 aliphatic heterocycles. The van der Waals surface area contributed by atoms with Crippen LogP contribution in [0.25, 0.3) is 0 Å². The second-order valence-corrected chi connectivity index (χ2v) is 5.56. The van der Waals surface area contributed by atoms with Gasteiger partial charge in [0.25, 0.3) is 0 Å².